The molecule has 0 aromatic carbocycles. The number of anilines is 1. The fraction of sp³-hybridized carbons (Fsp3) is 0.318. The minimum Gasteiger partial charge on any atom is -0.392 e. The molecule has 0 saturated heterocycles. The number of carbonyl (C=O) groups is 1. The summed E-state index contributed by atoms with van der Waals surface area (Å²) in [6.45, 7) is 5.99. The Hall–Kier alpha value is -2.79. The summed E-state index contributed by atoms with van der Waals surface area (Å²) in [4.78, 5) is 21.6. The van der Waals surface area contributed by atoms with Gasteiger partial charge in [0.15, 0.2) is 0 Å². The van der Waals surface area contributed by atoms with Crippen molar-refractivity contribution in [2.24, 2.45) is 0 Å². The van der Waals surface area contributed by atoms with Crippen molar-refractivity contribution in [1.29, 1.82) is 0 Å². The molecule has 0 fully saturated rings. The summed E-state index contributed by atoms with van der Waals surface area (Å²) in [7, 11) is 0. The number of hydrogen-bond donors (Lipinski definition) is 2. The third-order valence-corrected chi connectivity index (χ3v) is 4.91. The number of aliphatic hydroxyl groups is 1. The van der Waals surface area contributed by atoms with Crippen LogP contribution in [0.3, 0.4) is 0 Å². The lowest BCUT2D eigenvalue weighted by atomic mass is 9.74. The first-order valence-corrected chi connectivity index (χ1v) is 9.33. The molecule has 0 bridgehead atoms. The maximum atomic E-state index is 12.8. The molecular formula is C22H25N3O2. The van der Waals surface area contributed by atoms with Crippen molar-refractivity contribution < 1.29 is 9.90 Å². The van der Waals surface area contributed by atoms with Gasteiger partial charge in [0.05, 0.1) is 17.7 Å². The maximum Gasteiger partial charge on any atom is 0.236 e. The molecule has 4 rings (SSSR count). The van der Waals surface area contributed by atoms with E-state index in [-0.39, 0.29) is 12.5 Å². The molecule has 1 aliphatic heterocycles. The van der Waals surface area contributed by atoms with Crippen molar-refractivity contribution in [2.75, 3.05) is 5.32 Å². The first-order chi connectivity index (χ1) is 13.1. The zero-order valence-corrected chi connectivity index (χ0v) is 16.0. The molecule has 2 aromatic rings. The average Bonchev–Trinajstić information content (AvgIpc) is 2.99. The van der Waals surface area contributed by atoms with Gasteiger partial charge in [-0.2, -0.15) is 0 Å². The third kappa shape index (κ3) is 3.43. The molecule has 3 heterocycles. The number of amides is 1. The van der Waals surface area contributed by atoms with Crippen LogP contribution in [0.4, 0.5) is 5.82 Å². The monoisotopic (exact) mass is 363 g/mol. The molecule has 140 valence electrons. The number of hydrogen-bond acceptors (Lipinski definition) is 4. The zero-order chi connectivity index (χ0) is 19.4. The summed E-state index contributed by atoms with van der Waals surface area (Å²) in [5.74, 6) is 0.653. The molecule has 1 unspecified atom stereocenters. The first kappa shape index (κ1) is 19.0. The van der Waals surface area contributed by atoms with E-state index in [1.54, 1.807) is 12.4 Å². The Morgan fingerprint density at radius 3 is 2.89 bits per heavy atom. The topological polar surface area (TPSA) is 75.1 Å². The molecule has 2 N–H and O–H groups in total. The van der Waals surface area contributed by atoms with E-state index in [1.807, 2.05) is 57.2 Å². The Labute approximate surface area is 159 Å². The van der Waals surface area contributed by atoms with Gasteiger partial charge in [-0.25, -0.2) is 4.98 Å². The van der Waals surface area contributed by atoms with Gasteiger partial charge >= 0.3 is 0 Å². The van der Waals surface area contributed by atoms with Crippen molar-refractivity contribution in [1.82, 2.24) is 9.97 Å². The maximum absolute atomic E-state index is 12.8. The number of pyridine rings is 2. The Morgan fingerprint density at radius 1 is 1.30 bits per heavy atom. The van der Waals surface area contributed by atoms with Gasteiger partial charge in [-0.05, 0) is 43.5 Å². The molecule has 0 saturated carbocycles. The second-order valence-electron chi connectivity index (χ2n) is 6.69. The predicted molar refractivity (Wildman–Crippen MR) is 108 cm³/mol. The summed E-state index contributed by atoms with van der Waals surface area (Å²) < 4.78 is 0. The third-order valence-electron chi connectivity index (χ3n) is 4.91. The molecule has 0 radical (unpaired) electrons. The van der Waals surface area contributed by atoms with Crippen molar-refractivity contribution in [3.8, 4) is 0 Å². The largest absolute Gasteiger partial charge is 0.392 e. The zero-order valence-electron chi connectivity index (χ0n) is 16.0. The van der Waals surface area contributed by atoms with E-state index in [0.29, 0.717) is 18.7 Å². The number of carbonyl (C=O) groups excluding carboxylic acids is 1. The fourth-order valence-corrected chi connectivity index (χ4v) is 3.72. The van der Waals surface area contributed by atoms with Crippen LogP contribution >= 0.6 is 0 Å². The van der Waals surface area contributed by atoms with E-state index in [0.717, 1.165) is 28.0 Å². The predicted octanol–water partition coefficient (Wildman–Crippen LogP) is 4.10. The number of fused-ring (bicyclic) bond motifs is 3. The minimum atomic E-state index is -0.636. The molecular weight excluding hydrogens is 338 g/mol. The van der Waals surface area contributed by atoms with Crippen LogP contribution in [-0.4, -0.2) is 21.0 Å². The van der Waals surface area contributed by atoms with E-state index < -0.39 is 5.41 Å². The van der Waals surface area contributed by atoms with E-state index in [1.165, 1.54) is 0 Å². The Kier molecular flexibility index (Phi) is 5.51. The molecule has 1 atom stereocenters. The lowest BCUT2D eigenvalue weighted by molar-refractivity contribution is -0.120. The van der Waals surface area contributed by atoms with Crippen LogP contribution in [0.15, 0.2) is 42.2 Å². The normalized spacial score (nSPS) is 23.4. The standard InChI is InChI=1S/C20H19N3O2.C2H6/c1-13-8-17-15(9-14(12-24)11-22-17)4-2-6-20(10-13)16-5-3-7-21-18(16)23-19(20)25;1-2/h2-5,7-9,11,24H,6,10,12H2,1H3,(H,21,23,25);1-2H3/b4-2+,13-8+;. The molecule has 2 aliphatic rings. The molecule has 1 spiro atoms. The summed E-state index contributed by atoms with van der Waals surface area (Å²) in [6.07, 6.45) is 10.6. The van der Waals surface area contributed by atoms with Crippen molar-refractivity contribution in [3.05, 3.63) is 64.6 Å². The van der Waals surface area contributed by atoms with Crippen LogP contribution in [0.1, 0.15) is 56.0 Å². The minimum absolute atomic E-state index is 0.00596. The number of nitrogens with zero attached hydrogens (tertiary/aromatic N) is 2. The van der Waals surface area contributed by atoms with Crippen LogP contribution in [0.5, 0.6) is 0 Å². The van der Waals surface area contributed by atoms with Crippen LogP contribution in [0.25, 0.3) is 12.2 Å². The van der Waals surface area contributed by atoms with E-state index in [2.05, 4.69) is 15.3 Å². The van der Waals surface area contributed by atoms with Gasteiger partial charge in [0, 0.05) is 23.5 Å². The summed E-state index contributed by atoms with van der Waals surface area (Å²) in [6, 6.07) is 5.79. The highest BCUT2D eigenvalue weighted by molar-refractivity contribution is 6.05. The SMILES string of the molecule is C/C1=C\c2ncc(CO)cc2/C=C/CC2(C1)C(=O)Nc1ncccc12.CC. The summed E-state index contributed by atoms with van der Waals surface area (Å²) in [5, 5.41) is 12.3. The quantitative estimate of drug-likeness (QED) is 0.800. The van der Waals surface area contributed by atoms with E-state index in [4.69, 9.17) is 0 Å². The molecule has 5 heteroatoms. The van der Waals surface area contributed by atoms with E-state index >= 15 is 0 Å². The summed E-state index contributed by atoms with van der Waals surface area (Å²) in [5.41, 5.74) is 3.98. The summed E-state index contributed by atoms with van der Waals surface area (Å²) >= 11 is 0. The van der Waals surface area contributed by atoms with Gasteiger partial charge in [0.25, 0.3) is 0 Å². The van der Waals surface area contributed by atoms with Gasteiger partial charge in [0.1, 0.15) is 5.82 Å². The first-order valence-electron chi connectivity index (χ1n) is 9.33. The van der Waals surface area contributed by atoms with Gasteiger partial charge < -0.3 is 10.4 Å². The number of nitrogens with one attached hydrogen (secondary N) is 1. The molecule has 27 heavy (non-hydrogen) atoms. The number of allylic oxidation sites excluding steroid dienone is 2. The Morgan fingerprint density at radius 2 is 2.11 bits per heavy atom. The Bertz CT molecular complexity index is 918. The highest BCUT2D eigenvalue weighted by Gasteiger charge is 2.46. The van der Waals surface area contributed by atoms with Crippen LogP contribution < -0.4 is 5.32 Å². The molecule has 2 aromatic heterocycles. The second kappa shape index (κ2) is 7.84. The Balaban J connectivity index is 0.00000102. The lowest BCUT2D eigenvalue weighted by Crippen LogP contribution is -2.34. The molecule has 1 amide bonds. The highest BCUT2D eigenvalue weighted by atomic mass is 16.3. The van der Waals surface area contributed by atoms with Crippen molar-refractivity contribution in [2.45, 2.75) is 45.6 Å². The number of aliphatic hydroxyl groups excluding tert-OH is 1. The van der Waals surface area contributed by atoms with Gasteiger partial charge in [-0.15, -0.1) is 0 Å². The van der Waals surface area contributed by atoms with Gasteiger partial charge in [0.2, 0.25) is 5.91 Å². The highest BCUT2D eigenvalue weighted by Crippen LogP contribution is 2.44. The van der Waals surface area contributed by atoms with Gasteiger partial charge in [-0.3, -0.25) is 9.78 Å². The lowest BCUT2D eigenvalue weighted by Gasteiger charge is -2.26. The van der Waals surface area contributed by atoms with Crippen LogP contribution in [-0.2, 0) is 16.8 Å². The van der Waals surface area contributed by atoms with E-state index in [9.17, 15) is 9.90 Å². The van der Waals surface area contributed by atoms with Crippen molar-refractivity contribution >= 4 is 23.9 Å². The average molecular weight is 363 g/mol. The van der Waals surface area contributed by atoms with Crippen LogP contribution in [0, 0.1) is 0 Å². The fourth-order valence-electron chi connectivity index (χ4n) is 3.72. The second-order valence-corrected chi connectivity index (χ2v) is 6.69. The van der Waals surface area contributed by atoms with Crippen molar-refractivity contribution in [3.63, 3.8) is 0 Å². The van der Waals surface area contributed by atoms with Crippen LogP contribution in [0.2, 0.25) is 0 Å². The molecule has 5 nitrogen and oxygen atoms in total. The van der Waals surface area contributed by atoms with Gasteiger partial charge in [-0.1, -0.05) is 37.6 Å². The number of rotatable bonds is 1. The number of aromatic nitrogens is 2. The molecule has 1 aliphatic carbocycles. The smallest absolute Gasteiger partial charge is 0.236 e.